The van der Waals surface area contributed by atoms with Crippen LogP contribution in [0.2, 0.25) is 0 Å². The Labute approximate surface area is 124 Å². The van der Waals surface area contributed by atoms with Crippen molar-refractivity contribution in [2.24, 2.45) is 17.6 Å². The number of nitrogens with two attached hydrogens (primary N) is 1. The second-order valence-electron chi connectivity index (χ2n) is 6.12. The summed E-state index contributed by atoms with van der Waals surface area (Å²) in [5.41, 5.74) is 5.12. The molecule has 0 aliphatic carbocycles. The van der Waals surface area contributed by atoms with E-state index in [2.05, 4.69) is 5.32 Å². The van der Waals surface area contributed by atoms with Crippen molar-refractivity contribution in [1.29, 1.82) is 0 Å². The van der Waals surface area contributed by atoms with Crippen LogP contribution < -0.4 is 11.1 Å². The predicted molar refractivity (Wildman–Crippen MR) is 77.5 cm³/mol. The van der Waals surface area contributed by atoms with Gasteiger partial charge in [-0.15, -0.1) is 0 Å². The van der Waals surface area contributed by atoms with Crippen LogP contribution in [0.1, 0.15) is 40.0 Å². The number of nitrogens with zero attached hydrogens (tertiary/aromatic N) is 1. The molecule has 0 saturated carbocycles. The zero-order valence-corrected chi connectivity index (χ0v) is 12.8. The number of carboxylic acid groups (broad SMARTS) is 1. The number of carboxylic acids is 1. The molecule has 120 valence electrons. The van der Waals surface area contributed by atoms with Gasteiger partial charge in [-0.05, 0) is 31.1 Å². The molecule has 0 bridgehead atoms. The quantitative estimate of drug-likeness (QED) is 0.696. The molecule has 7 heteroatoms. The van der Waals surface area contributed by atoms with Crippen molar-refractivity contribution in [2.45, 2.75) is 52.1 Å². The fraction of sp³-hybridized carbons (Fsp3) is 0.786. The minimum absolute atomic E-state index is 0.103. The monoisotopic (exact) mass is 299 g/mol. The molecule has 21 heavy (non-hydrogen) atoms. The lowest BCUT2D eigenvalue weighted by atomic mass is 9.89. The number of likely N-dealkylation sites (tertiary alicyclic amines) is 1. The summed E-state index contributed by atoms with van der Waals surface area (Å²) in [6.07, 6.45) is 1.97. The fourth-order valence-electron chi connectivity index (χ4n) is 2.88. The number of aliphatic carboxylic acids is 1. The van der Waals surface area contributed by atoms with Gasteiger partial charge in [0.25, 0.3) is 0 Å². The molecule has 1 aliphatic rings. The van der Waals surface area contributed by atoms with E-state index >= 15 is 0 Å². The minimum Gasteiger partial charge on any atom is -0.480 e. The lowest BCUT2D eigenvalue weighted by molar-refractivity contribution is -0.155. The zero-order chi connectivity index (χ0) is 16.2. The number of carbonyl (C=O) groups excluding carboxylic acids is 2. The SMILES string of the molecule is CC(C)CC(NC(N)=O)C(=O)N1CCCC(C)C1C(=O)O. The van der Waals surface area contributed by atoms with E-state index in [0.717, 1.165) is 12.8 Å². The highest BCUT2D eigenvalue weighted by atomic mass is 16.4. The Morgan fingerprint density at radius 3 is 2.48 bits per heavy atom. The molecule has 7 nitrogen and oxygen atoms in total. The second-order valence-corrected chi connectivity index (χ2v) is 6.12. The average molecular weight is 299 g/mol. The van der Waals surface area contributed by atoms with Crippen LogP contribution in [0.5, 0.6) is 0 Å². The molecule has 0 spiro atoms. The molecule has 1 saturated heterocycles. The molecular formula is C14H25N3O4. The maximum absolute atomic E-state index is 12.6. The number of primary amides is 1. The molecule has 3 unspecified atom stereocenters. The normalized spacial score (nSPS) is 23.7. The molecule has 1 aliphatic heterocycles. The van der Waals surface area contributed by atoms with Gasteiger partial charge in [-0.1, -0.05) is 20.8 Å². The van der Waals surface area contributed by atoms with Crippen LogP contribution in [0.3, 0.4) is 0 Å². The van der Waals surface area contributed by atoms with Crippen molar-refractivity contribution >= 4 is 17.9 Å². The number of rotatable bonds is 5. The summed E-state index contributed by atoms with van der Waals surface area (Å²) in [7, 11) is 0. The van der Waals surface area contributed by atoms with E-state index < -0.39 is 24.1 Å². The number of urea groups is 1. The molecule has 1 fully saturated rings. The van der Waals surface area contributed by atoms with E-state index in [1.807, 2.05) is 20.8 Å². The van der Waals surface area contributed by atoms with E-state index in [1.165, 1.54) is 4.90 Å². The first-order valence-electron chi connectivity index (χ1n) is 7.33. The van der Waals surface area contributed by atoms with Gasteiger partial charge in [0.15, 0.2) is 0 Å². The fourth-order valence-corrected chi connectivity index (χ4v) is 2.88. The lowest BCUT2D eigenvalue weighted by Gasteiger charge is -2.39. The molecule has 3 atom stereocenters. The Balaban J connectivity index is 2.93. The summed E-state index contributed by atoms with van der Waals surface area (Å²) in [5, 5.41) is 11.8. The van der Waals surface area contributed by atoms with Crippen molar-refractivity contribution < 1.29 is 19.5 Å². The van der Waals surface area contributed by atoms with Crippen molar-refractivity contribution in [1.82, 2.24) is 10.2 Å². The third kappa shape index (κ3) is 4.61. The van der Waals surface area contributed by atoms with Crippen LogP contribution in [-0.4, -0.2) is 46.5 Å². The van der Waals surface area contributed by atoms with Gasteiger partial charge in [-0.25, -0.2) is 9.59 Å². The summed E-state index contributed by atoms with van der Waals surface area (Å²) in [6.45, 7) is 6.08. The molecular weight excluding hydrogens is 274 g/mol. The van der Waals surface area contributed by atoms with Crippen LogP contribution in [0, 0.1) is 11.8 Å². The Kier molecular flexibility index (Phi) is 5.99. The first kappa shape index (κ1) is 17.3. The van der Waals surface area contributed by atoms with E-state index in [1.54, 1.807) is 0 Å². The summed E-state index contributed by atoms with van der Waals surface area (Å²) in [4.78, 5) is 36.5. The number of piperidine rings is 1. The standard InChI is InChI=1S/C14H25N3O4/c1-8(2)7-10(16-14(15)21)12(18)17-6-4-5-9(3)11(17)13(19)20/h8-11H,4-7H2,1-3H3,(H,19,20)(H3,15,16,21). The van der Waals surface area contributed by atoms with Gasteiger partial charge in [-0.2, -0.15) is 0 Å². The van der Waals surface area contributed by atoms with E-state index in [4.69, 9.17) is 5.73 Å². The Bertz CT molecular complexity index is 411. The van der Waals surface area contributed by atoms with Crippen molar-refractivity contribution in [3.8, 4) is 0 Å². The molecule has 1 heterocycles. The number of hydrogen-bond acceptors (Lipinski definition) is 3. The van der Waals surface area contributed by atoms with Gasteiger partial charge in [0.05, 0.1) is 0 Å². The van der Waals surface area contributed by atoms with Crippen LogP contribution in [0.25, 0.3) is 0 Å². The van der Waals surface area contributed by atoms with E-state index in [9.17, 15) is 19.5 Å². The minimum atomic E-state index is -1.00. The maximum atomic E-state index is 12.6. The highest BCUT2D eigenvalue weighted by Crippen LogP contribution is 2.25. The molecule has 1 rings (SSSR count). The molecule has 0 aromatic rings. The van der Waals surface area contributed by atoms with Crippen LogP contribution in [-0.2, 0) is 9.59 Å². The average Bonchev–Trinajstić information content (AvgIpc) is 2.35. The van der Waals surface area contributed by atoms with Crippen molar-refractivity contribution in [2.75, 3.05) is 6.54 Å². The lowest BCUT2D eigenvalue weighted by Crippen LogP contribution is -2.58. The highest BCUT2D eigenvalue weighted by Gasteiger charge is 2.39. The zero-order valence-electron chi connectivity index (χ0n) is 12.8. The van der Waals surface area contributed by atoms with Crippen LogP contribution >= 0.6 is 0 Å². The van der Waals surface area contributed by atoms with Gasteiger partial charge in [0.1, 0.15) is 12.1 Å². The number of carbonyl (C=O) groups is 3. The Hall–Kier alpha value is -1.79. The van der Waals surface area contributed by atoms with Crippen molar-refractivity contribution in [3.05, 3.63) is 0 Å². The summed E-state index contributed by atoms with van der Waals surface area (Å²) in [5.74, 6) is -1.29. The molecule has 3 amide bonds. The van der Waals surface area contributed by atoms with Gasteiger partial charge >= 0.3 is 12.0 Å². The van der Waals surface area contributed by atoms with Gasteiger partial charge < -0.3 is 21.1 Å². The Morgan fingerprint density at radius 2 is 2.00 bits per heavy atom. The first-order valence-corrected chi connectivity index (χ1v) is 7.33. The second kappa shape index (κ2) is 7.28. The number of hydrogen-bond donors (Lipinski definition) is 3. The topological polar surface area (TPSA) is 113 Å². The highest BCUT2D eigenvalue weighted by molar-refractivity contribution is 5.90. The van der Waals surface area contributed by atoms with Crippen molar-refractivity contribution in [3.63, 3.8) is 0 Å². The summed E-state index contributed by atoms with van der Waals surface area (Å²) >= 11 is 0. The predicted octanol–water partition coefficient (Wildman–Crippen LogP) is 0.781. The Morgan fingerprint density at radius 1 is 1.38 bits per heavy atom. The van der Waals surface area contributed by atoms with Gasteiger partial charge in [0, 0.05) is 6.54 Å². The summed E-state index contributed by atoms with van der Waals surface area (Å²) in [6, 6.07) is -2.38. The first-order chi connectivity index (χ1) is 9.73. The van der Waals surface area contributed by atoms with Crippen LogP contribution in [0.4, 0.5) is 4.79 Å². The third-order valence-corrected chi connectivity index (χ3v) is 3.79. The van der Waals surface area contributed by atoms with Gasteiger partial charge in [-0.3, -0.25) is 4.79 Å². The largest absolute Gasteiger partial charge is 0.480 e. The van der Waals surface area contributed by atoms with E-state index in [-0.39, 0.29) is 17.7 Å². The smallest absolute Gasteiger partial charge is 0.326 e. The number of nitrogens with one attached hydrogen (secondary N) is 1. The molecule has 0 radical (unpaired) electrons. The van der Waals surface area contributed by atoms with Gasteiger partial charge in [0.2, 0.25) is 5.91 Å². The number of amides is 3. The molecule has 4 N–H and O–H groups in total. The van der Waals surface area contributed by atoms with Crippen LogP contribution in [0.15, 0.2) is 0 Å². The third-order valence-electron chi connectivity index (χ3n) is 3.79. The van der Waals surface area contributed by atoms with E-state index in [0.29, 0.717) is 13.0 Å². The molecule has 0 aromatic heterocycles. The molecule has 0 aromatic carbocycles. The summed E-state index contributed by atoms with van der Waals surface area (Å²) < 4.78 is 0. The maximum Gasteiger partial charge on any atom is 0.326 e.